The molecule has 0 fully saturated rings. The van der Waals surface area contributed by atoms with Crippen molar-refractivity contribution in [2.24, 2.45) is 5.92 Å². The van der Waals surface area contributed by atoms with Gasteiger partial charge >= 0.3 is 0 Å². The second-order valence-electron chi connectivity index (χ2n) is 5.99. The molecule has 0 aliphatic rings. The SMILES string of the molecule is CCCNc1ncc(CN(CCN(C)C)CC(C)C)s1. The van der Waals surface area contributed by atoms with Crippen LogP contribution in [0.3, 0.4) is 0 Å². The van der Waals surface area contributed by atoms with Crippen molar-refractivity contribution in [2.45, 2.75) is 33.7 Å². The third kappa shape index (κ3) is 7.22. The van der Waals surface area contributed by atoms with Gasteiger partial charge in [-0.3, -0.25) is 4.90 Å². The lowest BCUT2D eigenvalue weighted by atomic mass is 10.2. The molecular weight excluding hydrogens is 268 g/mol. The van der Waals surface area contributed by atoms with Gasteiger partial charge in [-0.25, -0.2) is 4.98 Å². The molecule has 0 aliphatic carbocycles. The summed E-state index contributed by atoms with van der Waals surface area (Å²) in [5, 5.41) is 4.41. The van der Waals surface area contributed by atoms with Gasteiger partial charge in [-0.2, -0.15) is 0 Å². The van der Waals surface area contributed by atoms with Crippen molar-refractivity contribution < 1.29 is 0 Å². The number of thiazole rings is 1. The summed E-state index contributed by atoms with van der Waals surface area (Å²) in [4.78, 5) is 10.6. The lowest BCUT2D eigenvalue weighted by molar-refractivity contribution is 0.213. The van der Waals surface area contributed by atoms with E-state index in [1.165, 1.54) is 4.88 Å². The van der Waals surface area contributed by atoms with E-state index in [2.05, 4.69) is 55.0 Å². The molecule has 1 heterocycles. The molecule has 1 aromatic rings. The topological polar surface area (TPSA) is 31.4 Å². The average Bonchev–Trinajstić information content (AvgIpc) is 2.80. The highest BCUT2D eigenvalue weighted by atomic mass is 32.1. The summed E-state index contributed by atoms with van der Waals surface area (Å²) in [7, 11) is 4.26. The molecule has 0 unspecified atom stereocenters. The van der Waals surface area contributed by atoms with E-state index in [9.17, 15) is 0 Å². The Bertz CT molecular complexity index is 363. The van der Waals surface area contributed by atoms with Crippen LogP contribution >= 0.6 is 11.3 Å². The number of likely N-dealkylation sites (N-methyl/N-ethyl adjacent to an activating group) is 1. The van der Waals surface area contributed by atoms with E-state index in [0.29, 0.717) is 5.92 Å². The first-order valence-corrected chi connectivity index (χ1v) is 8.38. The van der Waals surface area contributed by atoms with Crippen LogP contribution in [0.5, 0.6) is 0 Å². The van der Waals surface area contributed by atoms with Crippen molar-refractivity contribution in [1.29, 1.82) is 0 Å². The van der Waals surface area contributed by atoms with Gasteiger partial charge in [-0.05, 0) is 26.4 Å². The van der Waals surface area contributed by atoms with Gasteiger partial charge in [0, 0.05) is 43.8 Å². The molecule has 0 amide bonds. The van der Waals surface area contributed by atoms with E-state index in [0.717, 1.165) is 44.3 Å². The molecule has 0 aromatic carbocycles. The van der Waals surface area contributed by atoms with Gasteiger partial charge in [0.15, 0.2) is 5.13 Å². The normalized spacial score (nSPS) is 11.8. The molecule has 20 heavy (non-hydrogen) atoms. The number of hydrogen-bond donors (Lipinski definition) is 1. The monoisotopic (exact) mass is 298 g/mol. The van der Waals surface area contributed by atoms with Crippen LogP contribution in [0.25, 0.3) is 0 Å². The van der Waals surface area contributed by atoms with Crippen LogP contribution in [-0.2, 0) is 6.54 Å². The van der Waals surface area contributed by atoms with Crippen LogP contribution in [0.2, 0.25) is 0 Å². The first kappa shape index (κ1) is 17.4. The lowest BCUT2D eigenvalue weighted by Gasteiger charge is -2.25. The minimum atomic E-state index is 0.697. The minimum Gasteiger partial charge on any atom is -0.362 e. The maximum Gasteiger partial charge on any atom is 0.182 e. The molecule has 0 radical (unpaired) electrons. The summed E-state index contributed by atoms with van der Waals surface area (Å²) in [6, 6.07) is 0. The third-order valence-electron chi connectivity index (χ3n) is 2.95. The highest BCUT2D eigenvalue weighted by molar-refractivity contribution is 7.15. The second kappa shape index (κ2) is 9.32. The summed E-state index contributed by atoms with van der Waals surface area (Å²) < 4.78 is 0. The zero-order valence-electron chi connectivity index (χ0n) is 13.6. The van der Waals surface area contributed by atoms with Crippen molar-refractivity contribution in [3.63, 3.8) is 0 Å². The van der Waals surface area contributed by atoms with E-state index in [4.69, 9.17) is 0 Å². The van der Waals surface area contributed by atoms with E-state index in [1.807, 2.05) is 6.20 Å². The Labute approximate surface area is 128 Å². The number of rotatable bonds is 10. The summed E-state index contributed by atoms with van der Waals surface area (Å²) in [5.74, 6) is 0.697. The molecule has 0 aliphatic heterocycles. The Hall–Kier alpha value is -0.650. The highest BCUT2D eigenvalue weighted by Gasteiger charge is 2.11. The van der Waals surface area contributed by atoms with E-state index < -0.39 is 0 Å². The smallest absolute Gasteiger partial charge is 0.182 e. The number of aromatic nitrogens is 1. The minimum absolute atomic E-state index is 0.697. The van der Waals surface area contributed by atoms with E-state index >= 15 is 0 Å². The maximum atomic E-state index is 4.45. The number of nitrogens with zero attached hydrogens (tertiary/aromatic N) is 3. The third-order valence-corrected chi connectivity index (χ3v) is 3.89. The van der Waals surface area contributed by atoms with Crippen LogP contribution < -0.4 is 5.32 Å². The zero-order chi connectivity index (χ0) is 15.0. The fraction of sp³-hybridized carbons (Fsp3) is 0.800. The molecule has 5 heteroatoms. The average molecular weight is 298 g/mol. The van der Waals surface area contributed by atoms with Crippen LogP contribution in [0, 0.1) is 5.92 Å². The van der Waals surface area contributed by atoms with Gasteiger partial charge in [0.25, 0.3) is 0 Å². The van der Waals surface area contributed by atoms with Crippen LogP contribution in [0.15, 0.2) is 6.20 Å². The summed E-state index contributed by atoms with van der Waals surface area (Å²) in [6.07, 6.45) is 3.16. The molecule has 0 saturated heterocycles. The highest BCUT2D eigenvalue weighted by Crippen LogP contribution is 2.20. The summed E-state index contributed by atoms with van der Waals surface area (Å²) in [5.41, 5.74) is 0. The van der Waals surface area contributed by atoms with Crippen molar-refractivity contribution >= 4 is 16.5 Å². The Morgan fingerprint density at radius 1 is 1.30 bits per heavy atom. The second-order valence-corrected chi connectivity index (χ2v) is 7.11. The first-order chi connectivity index (χ1) is 9.51. The van der Waals surface area contributed by atoms with Crippen molar-refractivity contribution in [1.82, 2.24) is 14.8 Å². The maximum absolute atomic E-state index is 4.45. The predicted octanol–water partition coefficient (Wildman–Crippen LogP) is 2.98. The number of nitrogens with one attached hydrogen (secondary N) is 1. The van der Waals surface area contributed by atoms with Gasteiger partial charge < -0.3 is 10.2 Å². The van der Waals surface area contributed by atoms with Crippen LogP contribution in [0.1, 0.15) is 32.1 Å². The Morgan fingerprint density at radius 3 is 2.65 bits per heavy atom. The van der Waals surface area contributed by atoms with Gasteiger partial charge in [-0.1, -0.05) is 20.8 Å². The molecule has 0 atom stereocenters. The van der Waals surface area contributed by atoms with E-state index in [-0.39, 0.29) is 0 Å². The number of anilines is 1. The fourth-order valence-corrected chi connectivity index (χ4v) is 2.89. The Balaban J connectivity index is 2.52. The number of hydrogen-bond acceptors (Lipinski definition) is 5. The molecule has 1 aromatic heterocycles. The molecular formula is C15H30N4S. The van der Waals surface area contributed by atoms with Crippen molar-refractivity contribution in [2.75, 3.05) is 45.6 Å². The molecule has 0 spiro atoms. The fourth-order valence-electron chi connectivity index (χ4n) is 2.01. The zero-order valence-corrected chi connectivity index (χ0v) is 14.5. The Kier molecular flexibility index (Phi) is 8.11. The van der Waals surface area contributed by atoms with Gasteiger partial charge in [-0.15, -0.1) is 11.3 Å². The largest absolute Gasteiger partial charge is 0.362 e. The molecule has 0 bridgehead atoms. The quantitative estimate of drug-likeness (QED) is 0.719. The first-order valence-electron chi connectivity index (χ1n) is 7.57. The van der Waals surface area contributed by atoms with Crippen LogP contribution in [0.4, 0.5) is 5.13 Å². The standard InChI is InChI=1S/C15H30N4S/c1-6-7-16-15-17-10-14(20-15)12-19(11-13(2)3)9-8-18(4)5/h10,13H,6-9,11-12H2,1-5H3,(H,16,17). The van der Waals surface area contributed by atoms with Gasteiger partial charge in [0.2, 0.25) is 0 Å². The molecule has 0 saturated carbocycles. The van der Waals surface area contributed by atoms with Crippen LogP contribution in [-0.4, -0.2) is 55.1 Å². The van der Waals surface area contributed by atoms with Gasteiger partial charge in [0.05, 0.1) is 0 Å². The molecule has 1 N–H and O–H groups in total. The Morgan fingerprint density at radius 2 is 2.05 bits per heavy atom. The van der Waals surface area contributed by atoms with Crippen molar-refractivity contribution in [3.05, 3.63) is 11.1 Å². The molecule has 1 rings (SSSR count). The predicted molar refractivity (Wildman–Crippen MR) is 89.6 cm³/mol. The summed E-state index contributed by atoms with van der Waals surface area (Å²) in [6.45, 7) is 12.1. The van der Waals surface area contributed by atoms with E-state index in [1.54, 1.807) is 11.3 Å². The lowest BCUT2D eigenvalue weighted by Crippen LogP contribution is -2.33. The summed E-state index contributed by atoms with van der Waals surface area (Å²) >= 11 is 1.79. The van der Waals surface area contributed by atoms with Gasteiger partial charge in [0.1, 0.15) is 0 Å². The van der Waals surface area contributed by atoms with Crippen molar-refractivity contribution in [3.8, 4) is 0 Å². The molecule has 4 nitrogen and oxygen atoms in total. The molecule has 116 valence electrons.